The predicted molar refractivity (Wildman–Crippen MR) is 138 cm³/mol. The lowest BCUT2D eigenvalue weighted by atomic mass is 10.1. The molecule has 12 heteroatoms. The number of aryl methyl sites for hydroxylation is 1. The molecule has 0 unspecified atom stereocenters. The number of hydrogen-bond donors (Lipinski definition) is 2. The summed E-state index contributed by atoms with van der Waals surface area (Å²) in [6.07, 6.45) is -1.24. The van der Waals surface area contributed by atoms with E-state index in [1.54, 1.807) is 24.4 Å². The molecule has 2 amide bonds. The van der Waals surface area contributed by atoms with Crippen molar-refractivity contribution < 1.29 is 23.1 Å². The Morgan fingerprint density at radius 3 is 2.59 bits per heavy atom. The van der Waals surface area contributed by atoms with Crippen LogP contribution in [0.2, 0.25) is 0 Å². The number of hydrogen-bond acceptors (Lipinski definition) is 7. The highest BCUT2D eigenvalue weighted by Crippen LogP contribution is 2.44. The van der Waals surface area contributed by atoms with E-state index in [1.165, 1.54) is 28.2 Å². The third-order valence-electron chi connectivity index (χ3n) is 5.35. The Labute approximate surface area is 217 Å². The maximum absolute atomic E-state index is 13.6. The molecule has 0 spiro atoms. The zero-order chi connectivity index (χ0) is 26.1. The SMILES string of the molecule is Cc1ccc(-c2cc(C(F)F)nc3sc(C(N)=O)c(NC(=O)c4ccn(COc5ccccc5)n4)c23)s1. The number of nitrogens with two attached hydrogens (primary N) is 1. The Kier molecular flexibility index (Phi) is 6.68. The summed E-state index contributed by atoms with van der Waals surface area (Å²) in [5.41, 5.74) is 5.77. The molecule has 0 fully saturated rings. The van der Waals surface area contributed by atoms with E-state index in [1.807, 2.05) is 31.2 Å². The smallest absolute Gasteiger partial charge is 0.280 e. The van der Waals surface area contributed by atoms with Gasteiger partial charge in [-0.15, -0.1) is 22.7 Å². The van der Waals surface area contributed by atoms with E-state index in [2.05, 4.69) is 15.4 Å². The minimum atomic E-state index is -2.82. The first kappa shape index (κ1) is 24.5. The first-order chi connectivity index (χ1) is 17.8. The second kappa shape index (κ2) is 10.1. The zero-order valence-corrected chi connectivity index (χ0v) is 20.9. The van der Waals surface area contributed by atoms with E-state index < -0.39 is 23.9 Å². The van der Waals surface area contributed by atoms with Crippen molar-refractivity contribution in [3.8, 4) is 16.2 Å². The summed E-state index contributed by atoms with van der Waals surface area (Å²) in [6, 6.07) is 15.6. The van der Waals surface area contributed by atoms with Crippen LogP contribution in [0.1, 0.15) is 37.2 Å². The minimum Gasteiger partial charge on any atom is -0.471 e. The fourth-order valence-electron chi connectivity index (χ4n) is 3.69. The van der Waals surface area contributed by atoms with Crippen molar-refractivity contribution in [1.29, 1.82) is 0 Å². The number of benzene rings is 1. The number of pyridine rings is 1. The van der Waals surface area contributed by atoms with Crippen molar-refractivity contribution in [3.05, 3.63) is 81.9 Å². The van der Waals surface area contributed by atoms with Gasteiger partial charge in [-0.2, -0.15) is 5.10 Å². The number of carbonyl (C=O) groups excluding carboxylic acids is 2. The summed E-state index contributed by atoms with van der Waals surface area (Å²) < 4.78 is 34.3. The second-order valence-corrected chi connectivity index (χ2v) is 10.2. The topological polar surface area (TPSA) is 112 Å². The maximum Gasteiger partial charge on any atom is 0.280 e. The molecule has 0 aliphatic heterocycles. The summed E-state index contributed by atoms with van der Waals surface area (Å²) >= 11 is 2.25. The van der Waals surface area contributed by atoms with E-state index in [0.717, 1.165) is 16.2 Å². The number of thiophene rings is 2. The summed E-state index contributed by atoms with van der Waals surface area (Å²) in [6.45, 7) is 1.97. The Bertz CT molecular complexity index is 1610. The molecule has 5 rings (SSSR count). The fourth-order valence-corrected chi connectivity index (χ4v) is 5.59. The molecular formula is C25H19F2N5O3S2. The molecule has 188 valence electrons. The molecule has 0 saturated heterocycles. The van der Waals surface area contributed by atoms with E-state index in [4.69, 9.17) is 10.5 Å². The summed E-state index contributed by atoms with van der Waals surface area (Å²) in [7, 11) is 0. The van der Waals surface area contributed by atoms with Crippen LogP contribution in [0.15, 0.2) is 60.8 Å². The molecule has 5 aromatic rings. The van der Waals surface area contributed by atoms with Gasteiger partial charge in [0, 0.05) is 26.9 Å². The quantitative estimate of drug-likeness (QED) is 0.257. The maximum atomic E-state index is 13.6. The average Bonchev–Trinajstić information content (AvgIpc) is 3.61. The predicted octanol–water partition coefficient (Wildman–Crippen LogP) is 5.86. The minimum absolute atomic E-state index is 0.00337. The number of ether oxygens (including phenoxy) is 1. The van der Waals surface area contributed by atoms with Crippen LogP contribution < -0.4 is 15.8 Å². The second-order valence-electron chi connectivity index (χ2n) is 7.94. The molecule has 0 saturated carbocycles. The highest BCUT2D eigenvalue weighted by Gasteiger charge is 2.26. The zero-order valence-electron chi connectivity index (χ0n) is 19.3. The number of anilines is 1. The molecule has 0 bridgehead atoms. The van der Waals surface area contributed by atoms with Gasteiger partial charge in [-0.1, -0.05) is 18.2 Å². The molecular weight excluding hydrogens is 520 g/mol. The monoisotopic (exact) mass is 539 g/mol. The van der Waals surface area contributed by atoms with Crippen molar-refractivity contribution in [2.45, 2.75) is 20.1 Å². The van der Waals surface area contributed by atoms with Gasteiger partial charge < -0.3 is 15.8 Å². The lowest BCUT2D eigenvalue weighted by molar-refractivity contribution is 0.100. The molecule has 4 heterocycles. The summed E-state index contributed by atoms with van der Waals surface area (Å²) in [4.78, 5) is 31.3. The van der Waals surface area contributed by atoms with Crippen LogP contribution in [-0.2, 0) is 6.73 Å². The van der Waals surface area contributed by atoms with Gasteiger partial charge in [0.2, 0.25) is 0 Å². The highest BCUT2D eigenvalue weighted by atomic mass is 32.1. The van der Waals surface area contributed by atoms with Crippen molar-refractivity contribution in [2.75, 3.05) is 5.32 Å². The fraction of sp³-hybridized carbons (Fsp3) is 0.120. The number of rotatable bonds is 8. The first-order valence-corrected chi connectivity index (χ1v) is 12.6. The van der Waals surface area contributed by atoms with Gasteiger partial charge in [0.15, 0.2) is 12.4 Å². The number of nitrogens with one attached hydrogen (secondary N) is 1. The molecule has 37 heavy (non-hydrogen) atoms. The number of carbonyl (C=O) groups is 2. The van der Waals surface area contributed by atoms with Gasteiger partial charge >= 0.3 is 0 Å². The van der Waals surface area contributed by atoms with Gasteiger partial charge in [-0.25, -0.2) is 18.4 Å². The lowest BCUT2D eigenvalue weighted by Crippen LogP contribution is -2.17. The number of halogens is 2. The molecule has 1 aromatic carbocycles. The van der Waals surface area contributed by atoms with Crippen LogP contribution in [0, 0.1) is 6.92 Å². The largest absolute Gasteiger partial charge is 0.471 e. The molecule has 0 atom stereocenters. The van der Waals surface area contributed by atoms with E-state index in [-0.39, 0.29) is 27.8 Å². The van der Waals surface area contributed by atoms with Crippen LogP contribution in [0.5, 0.6) is 5.75 Å². The van der Waals surface area contributed by atoms with Crippen molar-refractivity contribution in [3.63, 3.8) is 0 Å². The number of alkyl halides is 2. The van der Waals surface area contributed by atoms with E-state index in [0.29, 0.717) is 21.6 Å². The van der Waals surface area contributed by atoms with Crippen LogP contribution in [0.4, 0.5) is 14.5 Å². The summed E-state index contributed by atoms with van der Waals surface area (Å²) in [5, 5.41) is 7.32. The van der Waals surface area contributed by atoms with Crippen LogP contribution >= 0.6 is 22.7 Å². The third kappa shape index (κ3) is 5.06. The summed E-state index contributed by atoms with van der Waals surface area (Å²) in [5.74, 6) is -0.772. The average molecular weight is 540 g/mol. The number of nitrogens with zero attached hydrogens (tertiary/aromatic N) is 3. The van der Waals surface area contributed by atoms with Gasteiger partial charge in [0.25, 0.3) is 18.2 Å². The van der Waals surface area contributed by atoms with E-state index >= 15 is 0 Å². The van der Waals surface area contributed by atoms with Crippen LogP contribution in [0.25, 0.3) is 20.7 Å². The Hall–Kier alpha value is -4.16. The third-order valence-corrected chi connectivity index (χ3v) is 7.49. The Morgan fingerprint density at radius 1 is 1.14 bits per heavy atom. The highest BCUT2D eigenvalue weighted by molar-refractivity contribution is 7.21. The molecule has 8 nitrogen and oxygen atoms in total. The van der Waals surface area contributed by atoms with Gasteiger partial charge in [-0.3, -0.25) is 9.59 Å². The normalized spacial score (nSPS) is 11.2. The number of aromatic nitrogens is 3. The Balaban J connectivity index is 1.51. The van der Waals surface area contributed by atoms with Gasteiger partial charge in [-0.05, 0) is 43.3 Å². The first-order valence-electron chi connectivity index (χ1n) is 10.9. The number of primary amides is 1. The molecule has 0 aliphatic rings. The van der Waals surface area contributed by atoms with Crippen LogP contribution in [0.3, 0.4) is 0 Å². The van der Waals surface area contributed by atoms with Crippen LogP contribution in [-0.4, -0.2) is 26.6 Å². The van der Waals surface area contributed by atoms with Gasteiger partial charge in [0.05, 0.1) is 5.69 Å². The van der Waals surface area contributed by atoms with E-state index in [9.17, 15) is 18.4 Å². The Morgan fingerprint density at radius 2 is 1.92 bits per heavy atom. The molecule has 0 radical (unpaired) electrons. The number of fused-ring (bicyclic) bond motifs is 1. The van der Waals surface area contributed by atoms with Crippen molar-refractivity contribution in [2.24, 2.45) is 5.73 Å². The molecule has 0 aliphatic carbocycles. The molecule has 3 N–H and O–H groups in total. The molecule has 4 aromatic heterocycles. The van der Waals surface area contributed by atoms with Crippen molar-refractivity contribution >= 4 is 50.4 Å². The van der Waals surface area contributed by atoms with Gasteiger partial charge in [0.1, 0.15) is 21.2 Å². The number of para-hydroxylation sites is 1. The standard InChI is InChI=1S/C25H19F2N5O3S2/c1-13-7-8-18(36-13)15-11-17(22(26)27)29-25-19(15)20(21(37-25)23(28)33)30-24(34)16-9-10-32(31-16)12-35-14-5-3-2-4-6-14/h2-11,22H,12H2,1H3,(H2,28,33)(H,30,34). The number of amides is 2. The lowest BCUT2D eigenvalue weighted by Gasteiger charge is -2.09. The van der Waals surface area contributed by atoms with Crippen molar-refractivity contribution in [1.82, 2.24) is 14.8 Å².